The van der Waals surface area contributed by atoms with E-state index in [-0.39, 0.29) is 12.4 Å². The smallest absolute Gasteiger partial charge is 0.119 e. The highest BCUT2D eigenvalue weighted by molar-refractivity contribution is 5.85. The Morgan fingerprint density at radius 1 is 1.31 bits per heavy atom. The Kier molecular flexibility index (Phi) is 3.41. The lowest BCUT2D eigenvalue weighted by molar-refractivity contribution is 0.317. The van der Waals surface area contributed by atoms with E-state index in [4.69, 9.17) is 4.74 Å². The highest BCUT2D eigenvalue weighted by atomic mass is 35.5. The summed E-state index contributed by atoms with van der Waals surface area (Å²) in [5, 5.41) is 3.53. The van der Waals surface area contributed by atoms with Gasteiger partial charge in [-0.25, -0.2) is 0 Å². The first kappa shape index (κ1) is 11.7. The van der Waals surface area contributed by atoms with Crippen LogP contribution in [0.25, 0.3) is 0 Å². The van der Waals surface area contributed by atoms with Gasteiger partial charge in [-0.3, -0.25) is 0 Å². The van der Waals surface area contributed by atoms with Crippen molar-refractivity contribution in [2.24, 2.45) is 5.92 Å². The fraction of sp³-hybridized carbons (Fsp3) is 0.538. The molecule has 3 heteroatoms. The molecule has 1 aliphatic carbocycles. The molecule has 1 saturated heterocycles. The first-order chi connectivity index (χ1) is 7.36. The average molecular weight is 240 g/mol. The van der Waals surface area contributed by atoms with E-state index < -0.39 is 0 Å². The largest absolute Gasteiger partial charge is 0.497 e. The zero-order valence-electron chi connectivity index (χ0n) is 9.53. The molecule has 2 bridgehead atoms. The van der Waals surface area contributed by atoms with Crippen molar-refractivity contribution in [1.29, 1.82) is 0 Å². The van der Waals surface area contributed by atoms with Gasteiger partial charge >= 0.3 is 0 Å². The second-order valence-corrected chi connectivity index (χ2v) is 4.73. The number of piperidine rings is 1. The summed E-state index contributed by atoms with van der Waals surface area (Å²) >= 11 is 0. The predicted molar refractivity (Wildman–Crippen MR) is 67.7 cm³/mol. The number of hydrogen-bond donors (Lipinski definition) is 1. The lowest BCUT2D eigenvalue weighted by atomic mass is 9.74. The lowest BCUT2D eigenvalue weighted by Crippen LogP contribution is -2.39. The van der Waals surface area contributed by atoms with E-state index in [1.807, 2.05) is 0 Å². The maximum Gasteiger partial charge on any atom is 0.119 e. The van der Waals surface area contributed by atoms with E-state index in [1.165, 1.54) is 24.9 Å². The third kappa shape index (κ3) is 1.92. The quantitative estimate of drug-likeness (QED) is 0.813. The molecular formula is C13H18ClNO. The summed E-state index contributed by atoms with van der Waals surface area (Å²) in [6, 6.07) is 6.57. The van der Waals surface area contributed by atoms with Crippen LogP contribution >= 0.6 is 12.4 Å². The fourth-order valence-corrected chi connectivity index (χ4v) is 3.02. The van der Waals surface area contributed by atoms with Crippen LogP contribution in [0.1, 0.15) is 23.5 Å². The first-order valence-electron chi connectivity index (χ1n) is 5.74. The molecule has 0 spiro atoms. The van der Waals surface area contributed by atoms with Crippen molar-refractivity contribution < 1.29 is 4.74 Å². The average Bonchev–Trinajstić information content (AvgIpc) is 2.28. The van der Waals surface area contributed by atoms with E-state index in [9.17, 15) is 0 Å². The van der Waals surface area contributed by atoms with Crippen molar-refractivity contribution in [3.63, 3.8) is 0 Å². The molecule has 0 amide bonds. The van der Waals surface area contributed by atoms with Gasteiger partial charge in [-0.1, -0.05) is 6.07 Å². The Morgan fingerprint density at radius 3 is 3.00 bits per heavy atom. The van der Waals surface area contributed by atoms with Gasteiger partial charge in [-0.15, -0.1) is 12.4 Å². The molecule has 1 aromatic carbocycles. The summed E-state index contributed by atoms with van der Waals surface area (Å²) in [6.45, 7) is 2.34. The highest BCUT2D eigenvalue weighted by Gasteiger charge is 2.30. The van der Waals surface area contributed by atoms with Gasteiger partial charge in [0.05, 0.1) is 7.11 Å². The van der Waals surface area contributed by atoms with E-state index in [1.54, 1.807) is 12.7 Å². The van der Waals surface area contributed by atoms with Crippen molar-refractivity contribution >= 4 is 12.4 Å². The minimum Gasteiger partial charge on any atom is -0.497 e. The molecule has 2 aliphatic rings. The van der Waals surface area contributed by atoms with Crippen LogP contribution in [0.2, 0.25) is 0 Å². The lowest BCUT2D eigenvalue weighted by Gasteiger charge is -2.36. The van der Waals surface area contributed by atoms with Crippen molar-refractivity contribution in [2.45, 2.75) is 18.8 Å². The Hall–Kier alpha value is -0.730. The Bertz CT molecular complexity index is 380. The predicted octanol–water partition coefficient (Wildman–Crippen LogP) is 2.37. The molecule has 1 aromatic rings. The van der Waals surface area contributed by atoms with Crippen LogP contribution in [0, 0.1) is 5.92 Å². The summed E-state index contributed by atoms with van der Waals surface area (Å²) in [5.74, 6) is 2.57. The molecular weight excluding hydrogens is 222 g/mol. The number of rotatable bonds is 1. The first-order valence-corrected chi connectivity index (χ1v) is 5.74. The van der Waals surface area contributed by atoms with Crippen molar-refractivity contribution in [3.8, 4) is 5.75 Å². The molecule has 2 nitrogen and oxygen atoms in total. The maximum absolute atomic E-state index is 5.29. The topological polar surface area (TPSA) is 21.3 Å². The van der Waals surface area contributed by atoms with E-state index in [0.717, 1.165) is 24.1 Å². The molecule has 1 heterocycles. The second-order valence-electron chi connectivity index (χ2n) is 4.73. The van der Waals surface area contributed by atoms with Gasteiger partial charge in [0.15, 0.2) is 0 Å². The highest BCUT2D eigenvalue weighted by Crippen LogP contribution is 2.37. The number of fused-ring (bicyclic) bond motifs is 4. The molecule has 1 N–H and O–H groups in total. The second kappa shape index (κ2) is 4.64. The minimum absolute atomic E-state index is 0. The number of ether oxygens (including phenoxy) is 1. The fourth-order valence-electron chi connectivity index (χ4n) is 3.02. The van der Waals surface area contributed by atoms with E-state index in [2.05, 4.69) is 23.5 Å². The van der Waals surface area contributed by atoms with Gasteiger partial charge in [0.1, 0.15) is 5.75 Å². The van der Waals surface area contributed by atoms with Crippen LogP contribution in [0.3, 0.4) is 0 Å². The number of methoxy groups -OCH3 is 1. The summed E-state index contributed by atoms with van der Waals surface area (Å²) in [6.07, 6.45) is 2.59. The number of hydrogen-bond acceptors (Lipinski definition) is 2. The summed E-state index contributed by atoms with van der Waals surface area (Å²) in [4.78, 5) is 0. The van der Waals surface area contributed by atoms with Gasteiger partial charge in [-0.05, 0) is 54.5 Å². The third-order valence-electron chi connectivity index (χ3n) is 3.74. The van der Waals surface area contributed by atoms with E-state index >= 15 is 0 Å². The summed E-state index contributed by atoms with van der Waals surface area (Å²) < 4.78 is 5.29. The minimum atomic E-state index is 0. The van der Waals surface area contributed by atoms with Crippen LogP contribution in [-0.4, -0.2) is 20.2 Å². The molecule has 1 aliphatic heterocycles. The molecule has 0 saturated carbocycles. The van der Waals surface area contributed by atoms with Gasteiger partial charge < -0.3 is 10.1 Å². The standard InChI is InChI=1S/C13H17NO.ClH/c1-15-12-2-3-13-10(6-12)4-9-5-11(13)8-14-7-9;/h2-3,6,9,11,14H,4-5,7-8H2,1H3;1H. The Morgan fingerprint density at radius 2 is 2.19 bits per heavy atom. The number of nitrogens with one attached hydrogen (secondary N) is 1. The maximum atomic E-state index is 5.29. The zero-order chi connectivity index (χ0) is 10.3. The molecule has 16 heavy (non-hydrogen) atoms. The molecule has 88 valence electrons. The number of benzene rings is 1. The van der Waals surface area contributed by atoms with Gasteiger partial charge in [0.2, 0.25) is 0 Å². The summed E-state index contributed by atoms with van der Waals surface area (Å²) in [5.41, 5.74) is 3.05. The Labute approximate surface area is 103 Å². The van der Waals surface area contributed by atoms with E-state index in [0.29, 0.717) is 0 Å². The monoisotopic (exact) mass is 239 g/mol. The molecule has 1 fully saturated rings. The molecule has 0 aromatic heterocycles. The SMILES string of the molecule is COc1ccc2c(c1)CC1CNCC2C1.Cl. The van der Waals surface area contributed by atoms with Gasteiger partial charge in [0, 0.05) is 6.54 Å². The summed E-state index contributed by atoms with van der Waals surface area (Å²) in [7, 11) is 1.74. The van der Waals surface area contributed by atoms with Crippen LogP contribution in [0.5, 0.6) is 5.75 Å². The van der Waals surface area contributed by atoms with Crippen LogP contribution < -0.4 is 10.1 Å². The number of halogens is 1. The Balaban J connectivity index is 0.000000963. The van der Waals surface area contributed by atoms with Gasteiger partial charge in [0.25, 0.3) is 0 Å². The van der Waals surface area contributed by atoms with Crippen molar-refractivity contribution in [2.75, 3.05) is 20.2 Å². The van der Waals surface area contributed by atoms with Crippen molar-refractivity contribution in [1.82, 2.24) is 5.32 Å². The van der Waals surface area contributed by atoms with Crippen LogP contribution in [0.15, 0.2) is 18.2 Å². The molecule has 0 radical (unpaired) electrons. The normalized spacial score (nSPS) is 26.6. The zero-order valence-corrected chi connectivity index (χ0v) is 10.3. The molecule has 2 atom stereocenters. The van der Waals surface area contributed by atoms with Crippen LogP contribution in [0.4, 0.5) is 0 Å². The molecule has 2 unspecified atom stereocenters. The van der Waals surface area contributed by atoms with Crippen LogP contribution in [-0.2, 0) is 6.42 Å². The third-order valence-corrected chi connectivity index (χ3v) is 3.74. The van der Waals surface area contributed by atoms with Gasteiger partial charge in [-0.2, -0.15) is 0 Å². The molecule has 3 rings (SSSR count). The van der Waals surface area contributed by atoms with Crippen molar-refractivity contribution in [3.05, 3.63) is 29.3 Å².